The number of ether oxygens (including phenoxy) is 1. The van der Waals surface area contributed by atoms with E-state index in [2.05, 4.69) is 0 Å². The van der Waals surface area contributed by atoms with Crippen molar-refractivity contribution in [3.05, 3.63) is 88.4 Å². The maximum Gasteiger partial charge on any atom is 0.261 e. The molecule has 0 saturated heterocycles. The first-order chi connectivity index (χ1) is 14.1. The number of aromatic nitrogens is 1. The van der Waals surface area contributed by atoms with Gasteiger partial charge in [-0.25, -0.2) is 4.98 Å². The predicted molar refractivity (Wildman–Crippen MR) is 119 cm³/mol. The zero-order valence-electron chi connectivity index (χ0n) is 16.1. The molecule has 0 atom stereocenters. The number of methoxy groups -OCH3 is 1. The van der Waals surface area contributed by atoms with Gasteiger partial charge in [-0.15, -0.1) is 0 Å². The van der Waals surface area contributed by atoms with E-state index in [1.54, 1.807) is 24.1 Å². The third-order valence-corrected chi connectivity index (χ3v) is 6.22. The van der Waals surface area contributed by atoms with Crippen LogP contribution in [0.1, 0.15) is 21.5 Å². The maximum absolute atomic E-state index is 13.5. The molecule has 4 rings (SSSR count). The molecule has 0 unspecified atom stereocenters. The Hall–Kier alpha value is -2.89. The normalized spacial score (nSPS) is 10.9. The number of halogens is 1. The number of fused-ring (bicyclic) bond motifs is 1. The van der Waals surface area contributed by atoms with Crippen molar-refractivity contribution in [2.24, 2.45) is 0 Å². The number of hydrogen-bond donors (Lipinski definition) is 0. The number of thiazole rings is 1. The highest BCUT2D eigenvalue weighted by Crippen LogP contribution is 2.37. The topological polar surface area (TPSA) is 42.4 Å². The maximum atomic E-state index is 13.5. The molecule has 146 valence electrons. The molecule has 0 aliphatic heterocycles. The van der Waals surface area contributed by atoms with E-state index in [9.17, 15) is 4.79 Å². The number of benzene rings is 3. The molecule has 0 aliphatic carbocycles. The number of amides is 1. The third-order valence-electron chi connectivity index (χ3n) is 4.68. The number of anilines is 1. The SMILES string of the molecule is COc1ccc(C)c2sc(N(Cc3ccccc3)C(=O)c3ccccc3Cl)nc12. The minimum Gasteiger partial charge on any atom is -0.494 e. The number of hydrogen-bond acceptors (Lipinski definition) is 4. The van der Waals surface area contributed by atoms with Gasteiger partial charge in [-0.2, -0.15) is 0 Å². The van der Waals surface area contributed by atoms with Crippen molar-refractivity contribution in [2.45, 2.75) is 13.5 Å². The highest BCUT2D eigenvalue weighted by atomic mass is 35.5. The Labute approximate surface area is 178 Å². The second-order valence-electron chi connectivity index (χ2n) is 6.62. The summed E-state index contributed by atoms with van der Waals surface area (Å²) in [6.07, 6.45) is 0. The second kappa shape index (κ2) is 8.23. The summed E-state index contributed by atoms with van der Waals surface area (Å²) in [6, 6.07) is 20.8. The lowest BCUT2D eigenvalue weighted by atomic mass is 10.1. The lowest BCUT2D eigenvalue weighted by Crippen LogP contribution is -2.30. The third kappa shape index (κ3) is 3.84. The number of rotatable bonds is 5. The molecular formula is C23H19ClN2O2S. The first kappa shape index (κ1) is 19.4. The largest absolute Gasteiger partial charge is 0.494 e. The van der Waals surface area contributed by atoms with E-state index < -0.39 is 0 Å². The van der Waals surface area contributed by atoms with Crippen LogP contribution in [0.15, 0.2) is 66.7 Å². The molecule has 1 aromatic heterocycles. The lowest BCUT2D eigenvalue weighted by molar-refractivity contribution is 0.0985. The van der Waals surface area contributed by atoms with Gasteiger partial charge < -0.3 is 4.74 Å². The van der Waals surface area contributed by atoms with E-state index >= 15 is 0 Å². The predicted octanol–water partition coefficient (Wildman–Crippen LogP) is 6.11. The number of nitrogens with zero attached hydrogens (tertiary/aromatic N) is 2. The zero-order chi connectivity index (χ0) is 20.4. The average Bonchev–Trinajstić information content (AvgIpc) is 3.19. The molecule has 4 nitrogen and oxygen atoms in total. The second-order valence-corrected chi connectivity index (χ2v) is 8.00. The summed E-state index contributed by atoms with van der Waals surface area (Å²) in [5.74, 6) is 0.507. The highest BCUT2D eigenvalue weighted by molar-refractivity contribution is 7.22. The Morgan fingerprint density at radius 2 is 1.79 bits per heavy atom. The Bertz CT molecular complexity index is 1170. The molecule has 0 aliphatic rings. The summed E-state index contributed by atoms with van der Waals surface area (Å²) < 4.78 is 6.48. The van der Waals surface area contributed by atoms with Gasteiger partial charge in [0, 0.05) is 0 Å². The van der Waals surface area contributed by atoms with Crippen molar-refractivity contribution < 1.29 is 9.53 Å². The van der Waals surface area contributed by atoms with Crippen molar-refractivity contribution >= 4 is 44.2 Å². The number of carbonyl (C=O) groups is 1. The van der Waals surface area contributed by atoms with Crippen LogP contribution >= 0.6 is 22.9 Å². The van der Waals surface area contributed by atoms with Gasteiger partial charge in [0.05, 0.1) is 28.9 Å². The van der Waals surface area contributed by atoms with Crippen LogP contribution in [0.3, 0.4) is 0 Å². The van der Waals surface area contributed by atoms with Crippen LogP contribution in [0.5, 0.6) is 5.75 Å². The smallest absolute Gasteiger partial charge is 0.261 e. The van der Waals surface area contributed by atoms with Gasteiger partial charge in [-0.05, 0) is 36.2 Å². The number of aryl methyl sites for hydroxylation is 1. The standard InChI is InChI=1S/C23H19ClN2O2S/c1-15-12-13-19(28-2)20-21(15)29-23(25-20)26(14-16-8-4-3-5-9-16)22(27)17-10-6-7-11-18(17)24/h3-13H,14H2,1-2H3. The highest BCUT2D eigenvalue weighted by Gasteiger charge is 2.24. The molecule has 0 spiro atoms. The van der Waals surface area contributed by atoms with Gasteiger partial charge in [0.15, 0.2) is 5.13 Å². The Morgan fingerprint density at radius 3 is 2.52 bits per heavy atom. The summed E-state index contributed by atoms with van der Waals surface area (Å²) in [5.41, 5.74) is 3.32. The quantitative estimate of drug-likeness (QED) is 0.389. The molecule has 1 heterocycles. The van der Waals surface area contributed by atoms with Crippen LogP contribution in [-0.2, 0) is 6.54 Å². The van der Waals surface area contributed by atoms with Gasteiger partial charge in [0.2, 0.25) is 0 Å². The van der Waals surface area contributed by atoms with Crippen molar-refractivity contribution in [3.63, 3.8) is 0 Å². The van der Waals surface area contributed by atoms with Crippen LogP contribution < -0.4 is 9.64 Å². The molecule has 6 heteroatoms. The molecular weight excluding hydrogens is 404 g/mol. The first-order valence-corrected chi connectivity index (χ1v) is 10.3. The van der Waals surface area contributed by atoms with E-state index in [1.807, 2.05) is 61.5 Å². The fourth-order valence-electron chi connectivity index (χ4n) is 3.15. The fraction of sp³-hybridized carbons (Fsp3) is 0.130. The van der Waals surface area contributed by atoms with Crippen molar-refractivity contribution in [1.82, 2.24) is 4.98 Å². The van der Waals surface area contributed by atoms with Crippen LogP contribution in [0.2, 0.25) is 5.02 Å². The monoisotopic (exact) mass is 422 g/mol. The van der Waals surface area contributed by atoms with E-state index in [0.29, 0.717) is 28.0 Å². The fourth-order valence-corrected chi connectivity index (χ4v) is 4.42. The molecule has 0 N–H and O–H groups in total. The summed E-state index contributed by atoms with van der Waals surface area (Å²) in [6.45, 7) is 2.42. The minimum absolute atomic E-state index is 0.185. The molecule has 0 saturated carbocycles. The van der Waals surface area contributed by atoms with Gasteiger partial charge in [0.25, 0.3) is 5.91 Å². The van der Waals surface area contributed by atoms with Gasteiger partial charge >= 0.3 is 0 Å². The van der Waals surface area contributed by atoms with Crippen LogP contribution in [0.25, 0.3) is 10.2 Å². The van der Waals surface area contributed by atoms with Crippen molar-refractivity contribution in [2.75, 3.05) is 12.0 Å². The first-order valence-electron chi connectivity index (χ1n) is 9.13. The van der Waals surface area contributed by atoms with E-state index in [4.69, 9.17) is 21.3 Å². The van der Waals surface area contributed by atoms with E-state index in [-0.39, 0.29) is 5.91 Å². The van der Waals surface area contributed by atoms with Crippen LogP contribution in [0, 0.1) is 6.92 Å². The summed E-state index contributed by atoms with van der Waals surface area (Å²) in [4.78, 5) is 19.9. The minimum atomic E-state index is -0.185. The van der Waals surface area contributed by atoms with Crippen LogP contribution in [0.4, 0.5) is 5.13 Å². The number of carbonyl (C=O) groups excluding carboxylic acids is 1. The van der Waals surface area contributed by atoms with E-state index in [1.165, 1.54) is 11.3 Å². The van der Waals surface area contributed by atoms with Gasteiger partial charge in [0.1, 0.15) is 11.3 Å². The average molecular weight is 423 g/mol. The summed E-state index contributed by atoms with van der Waals surface area (Å²) in [7, 11) is 1.62. The zero-order valence-corrected chi connectivity index (χ0v) is 17.6. The van der Waals surface area contributed by atoms with E-state index in [0.717, 1.165) is 21.3 Å². The van der Waals surface area contributed by atoms with Crippen LogP contribution in [-0.4, -0.2) is 18.0 Å². The molecule has 0 fully saturated rings. The van der Waals surface area contributed by atoms with Crippen molar-refractivity contribution in [3.8, 4) is 5.75 Å². The Morgan fingerprint density at radius 1 is 1.07 bits per heavy atom. The Balaban J connectivity index is 1.84. The molecule has 0 bridgehead atoms. The summed E-state index contributed by atoms with van der Waals surface area (Å²) >= 11 is 7.80. The molecule has 3 aromatic carbocycles. The molecule has 0 radical (unpaired) electrons. The van der Waals surface area contributed by atoms with Crippen molar-refractivity contribution in [1.29, 1.82) is 0 Å². The van der Waals surface area contributed by atoms with Gasteiger partial charge in [-0.3, -0.25) is 9.69 Å². The lowest BCUT2D eigenvalue weighted by Gasteiger charge is -2.20. The Kier molecular flexibility index (Phi) is 5.51. The van der Waals surface area contributed by atoms with Gasteiger partial charge in [-0.1, -0.05) is 71.5 Å². The molecule has 4 aromatic rings. The molecule has 1 amide bonds. The summed E-state index contributed by atoms with van der Waals surface area (Å²) in [5, 5.41) is 1.03. The molecule has 29 heavy (non-hydrogen) atoms.